The number of aromatic nitrogens is 4. The smallest absolute Gasteiger partial charge is 0.225 e. The Balaban J connectivity index is 1.68. The van der Waals surface area contributed by atoms with E-state index in [2.05, 4.69) is 53.1 Å². The van der Waals surface area contributed by atoms with Crippen LogP contribution in [0.3, 0.4) is 0 Å². The molecule has 0 aliphatic heterocycles. The van der Waals surface area contributed by atoms with E-state index < -0.39 is 0 Å². The summed E-state index contributed by atoms with van der Waals surface area (Å²) in [5, 5.41) is 8.71. The number of rotatable bonds is 6. The van der Waals surface area contributed by atoms with Crippen molar-refractivity contribution in [3.63, 3.8) is 0 Å². The minimum absolute atomic E-state index is 0.0207. The Morgan fingerprint density at radius 2 is 2.00 bits per heavy atom. The number of carbonyl (C=O) groups is 1. The summed E-state index contributed by atoms with van der Waals surface area (Å²) >= 11 is 1.53. The molecule has 4 aromatic rings. The van der Waals surface area contributed by atoms with Crippen molar-refractivity contribution in [2.75, 3.05) is 5.32 Å². The van der Waals surface area contributed by atoms with Crippen molar-refractivity contribution in [2.45, 2.75) is 52.9 Å². The van der Waals surface area contributed by atoms with Crippen molar-refractivity contribution >= 4 is 22.4 Å². The van der Waals surface area contributed by atoms with E-state index in [9.17, 15) is 4.79 Å². The second-order valence-corrected chi connectivity index (χ2v) is 9.36. The molecular formula is C26H27N5OS. The largest absolute Gasteiger partial charge is 0.302 e. The van der Waals surface area contributed by atoms with Crippen LogP contribution in [0.25, 0.3) is 27.5 Å². The van der Waals surface area contributed by atoms with Crippen molar-refractivity contribution in [2.24, 2.45) is 0 Å². The van der Waals surface area contributed by atoms with Gasteiger partial charge in [0.2, 0.25) is 5.91 Å². The fourth-order valence-electron chi connectivity index (χ4n) is 4.31. The Morgan fingerprint density at radius 1 is 1.15 bits per heavy atom. The minimum atomic E-state index is -0.0207. The molecule has 0 saturated carbocycles. The number of amides is 1. The number of nitrogens with one attached hydrogen (secondary N) is 1. The zero-order chi connectivity index (χ0) is 22.9. The average Bonchev–Trinajstić information content (AvgIpc) is 3.41. The van der Waals surface area contributed by atoms with Gasteiger partial charge in [0.1, 0.15) is 0 Å². The van der Waals surface area contributed by atoms with Crippen LogP contribution in [0.4, 0.5) is 5.13 Å². The number of benzene rings is 1. The number of carbonyl (C=O) groups excluding carboxylic acids is 1. The van der Waals surface area contributed by atoms with Gasteiger partial charge in [-0.3, -0.25) is 9.78 Å². The summed E-state index contributed by atoms with van der Waals surface area (Å²) in [7, 11) is 0. The van der Waals surface area contributed by atoms with Gasteiger partial charge in [0.05, 0.1) is 27.6 Å². The van der Waals surface area contributed by atoms with E-state index in [1.165, 1.54) is 16.9 Å². The van der Waals surface area contributed by atoms with Gasteiger partial charge >= 0.3 is 0 Å². The fraction of sp³-hybridized carbons (Fsp3) is 0.308. The van der Waals surface area contributed by atoms with E-state index in [1.54, 1.807) is 0 Å². The molecule has 0 unspecified atom stereocenters. The van der Waals surface area contributed by atoms with Gasteiger partial charge in [-0.05, 0) is 49.9 Å². The normalized spacial score (nSPS) is 12.3. The van der Waals surface area contributed by atoms with Crippen LogP contribution in [0, 0.1) is 6.92 Å². The summed E-state index contributed by atoms with van der Waals surface area (Å²) in [6.07, 6.45) is 6.12. The lowest BCUT2D eigenvalue weighted by Gasteiger charge is -2.15. The van der Waals surface area contributed by atoms with Crippen LogP contribution < -0.4 is 5.32 Å². The Bertz CT molecular complexity index is 1320. The molecule has 0 fully saturated rings. The Labute approximate surface area is 197 Å². The molecule has 0 atom stereocenters. The quantitative estimate of drug-likeness (QED) is 0.399. The van der Waals surface area contributed by atoms with Crippen molar-refractivity contribution in [3.05, 3.63) is 65.1 Å². The second-order valence-electron chi connectivity index (χ2n) is 8.36. The van der Waals surface area contributed by atoms with Crippen molar-refractivity contribution < 1.29 is 4.79 Å². The Morgan fingerprint density at radius 3 is 2.73 bits per heavy atom. The van der Waals surface area contributed by atoms with Gasteiger partial charge in [-0.25, -0.2) is 9.67 Å². The summed E-state index contributed by atoms with van der Waals surface area (Å²) < 4.78 is 2.06. The molecule has 1 amide bonds. The van der Waals surface area contributed by atoms with Crippen LogP contribution in [0.2, 0.25) is 0 Å². The number of fused-ring (bicyclic) bond motifs is 3. The van der Waals surface area contributed by atoms with E-state index in [1.807, 2.05) is 25.3 Å². The molecule has 1 aliphatic rings. The fourth-order valence-corrected chi connectivity index (χ4v) is 5.39. The molecule has 3 heterocycles. The molecule has 3 aromatic heterocycles. The number of pyridine rings is 1. The van der Waals surface area contributed by atoms with Crippen LogP contribution in [0.1, 0.15) is 49.2 Å². The van der Waals surface area contributed by atoms with Crippen LogP contribution in [-0.2, 0) is 24.1 Å². The SMILES string of the molecule is CCCc1ccc(-c2nn(-c3ccccc3C)c3c2CCc2nc(NC(=O)CC)sc2-3)cn1. The molecule has 168 valence electrons. The van der Waals surface area contributed by atoms with Crippen molar-refractivity contribution in [1.29, 1.82) is 0 Å². The average molecular weight is 458 g/mol. The maximum atomic E-state index is 12.0. The third kappa shape index (κ3) is 3.97. The van der Waals surface area contributed by atoms with Gasteiger partial charge in [0.15, 0.2) is 5.13 Å². The molecule has 0 spiro atoms. The first-order valence-corrected chi connectivity index (χ1v) is 12.3. The number of hydrogen-bond acceptors (Lipinski definition) is 5. The van der Waals surface area contributed by atoms with E-state index >= 15 is 0 Å². The summed E-state index contributed by atoms with van der Waals surface area (Å²) in [6.45, 7) is 6.12. The second kappa shape index (κ2) is 8.90. The number of hydrogen-bond donors (Lipinski definition) is 1. The van der Waals surface area contributed by atoms with Gasteiger partial charge in [0.25, 0.3) is 0 Å². The number of aryl methyl sites for hydroxylation is 3. The summed E-state index contributed by atoms with van der Waals surface area (Å²) in [4.78, 5) is 22.5. The van der Waals surface area contributed by atoms with E-state index in [4.69, 9.17) is 10.1 Å². The third-order valence-electron chi connectivity index (χ3n) is 6.02. The lowest BCUT2D eigenvalue weighted by molar-refractivity contribution is -0.115. The first kappa shape index (κ1) is 21.5. The van der Waals surface area contributed by atoms with E-state index in [-0.39, 0.29) is 5.91 Å². The predicted octanol–water partition coefficient (Wildman–Crippen LogP) is 5.77. The molecule has 1 N–H and O–H groups in total. The molecule has 1 aliphatic carbocycles. The van der Waals surface area contributed by atoms with Gasteiger partial charge in [-0.15, -0.1) is 0 Å². The predicted molar refractivity (Wildman–Crippen MR) is 133 cm³/mol. The number of nitrogens with zero attached hydrogens (tertiary/aromatic N) is 4. The monoisotopic (exact) mass is 457 g/mol. The molecule has 6 nitrogen and oxygen atoms in total. The minimum Gasteiger partial charge on any atom is -0.302 e. The Kier molecular flexibility index (Phi) is 5.81. The molecule has 0 saturated heterocycles. The highest BCUT2D eigenvalue weighted by Crippen LogP contribution is 2.44. The molecule has 33 heavy (non-hydrogen) atoms. The molecule has 5 rings (SSSR count). The van der Waals surface area contributed by atoms with Crippen LogP contribution in [0.5, 0.6) is 0 Å². The van der Waals surface area contributed by atoms with Gasteiger partial charge in [-0.1, -0.05) is 49.8 Å². The zero-order valence-corrected chi connectivity index (χ0v) is 20.0. The van der Waals surface area contributed by atoms with Crippen LogP contribution >= 0.6 is 11.3 Å². The first-order chi connectivity index (χ1) is 16.1. The van der Waals surface area contributed by atoms with Gasteiger partial charge in [-0.2, -0.15) is 5.10 Å². The van der Waals surface area contributed by atoms with Crippen molar-refractivity contribution in [3.8, 4) is 27.5 Å². The van der Waals surface area contributed by atoms with Gasteiger partial charge < -0.3 is 5.32 Å². The van der Waals surface area contributed by atoms with Gasteiger partial charge in [0, 0.05) is 29.4 Å². The number of para-hydroxylation sites is 1. The zero-order valence-electron chi connectivity index (χ0n) is 19.2. The Hall–Kier alpha value is -3.32. The molecule has 7 heteroatoms. The molecule has 1 aromatic carbocycles. The summed E-state index contributed by atoms with van der Waals surface area (Å²) in [5.74, 6) is -0.0207. The number of thiazole rings is 1. The molecule has 0 bridgehead atoms. The highest BCUT2D eigenvalue weighted by atomic mass is 32.1. The van der Waals surface area contributed by atoms with Crippen LogP contribution in [0.15, 0.2) is 42.6 Å². The first-order valence-electron chi connectivity index (χ1n) is 11.5. The highest BCUT2D eigenvalue weighted by molar-refractivity contribution is 7.19. The maximum Gasteiger partial charge on any atom is 0.225 e. The summed E-state index contributed by atoms with van der Waals surface area (Å²) in [6, 6.07) is 12.5. The summed E-state index contributed by atoms with van der Waals surface area (Å²) in [5.41, 5.74) is 8.64. The third-order valence-corrected chi connectivity index (χ3v) is 7.04. The topological polar surface area (TPSA) is 72.7 Å². The standard InChI is InChI=1S/C26H27N5OS/c1-4-8-18-12-11-17(15-27-18)23-19-13-14-20-25(33-26(28-20)29-22(32)5-2)24(19)31(30-23)21-10-7-6-9-16(21)3/h6-7,9-12,15H,4-5,8,13-14H2,1-3H3,(H,28,29,32). The number of anilines is 1. The molecular weight excluding hydrogens is 430 g/mol. The van der Waals surface area contributed by atoms with E-state index in [0.29, 0.717) is 11.6 Å². The maximum absolute atomic E-state index is 12.0. The van der Waals surface area contributed by atoms with Crippen LogP contribution in [-0.4, -0.2) is 25.7 Å². The lowest BCUT2D eigenvalue weighted by atomic mass is 9.95. The van der Waals surface area contributed by atoms with E-state index in [0.717, 1.165) is 70.2 Å². The lowest BCUT2D eigenvalue weighted by Crippen LogP contribution is -2.09. The molecule has 0 radical (unpaired) electrons. The van der Waals surface area contributed by atoms with Crippen molar-refractivity contribution in [1.82, 2.24) is 19.7 Å². The highest BCUT2D eigenvalue weighted by Gasteiger charge is 2.30.